The lowest BCUT2D eigenvalue weighted by Crippen LogP contribution is -2.46. The molecule has 4 nitrogen and oxygen atoms in total. The summed E-state index contributed by atoms with van der Waals surface area (Å²) < 4.78 is 0. The number of thiazole rings is 1. The van der Waals surface area contributed by atoms with E-state index in [1.165, 1.54) is 36.4 Å². The summed E-state index contributed by atoms with van der Waals surface area (Å²) >= 11 is 1.47. The highest BCUT2D eigenvalue weighted by atomic mass is 32.1. The molecule has 2 aliphatic rings. The first-order chi connectivity index (χ1) is 11.2. The van der Waals surface area contributed by atoms with E-state index in [0.29, 0.717) is 5.01 Å². The third-order valence-electron chi connectivity index (χ3n) is 4.80. The van der Waals surface area contributed by atoms with Gasteiger partial charge in [-0.15, -0.1) is 11.3 Å². The van der Waals surface area contributed by atoms with Crippen molar-refractivity contribution < 1.29 is 4.79 Å². The lowest BCUT2D eigenvalue weighted by molar-refractivity contribution is 0.0909. The molecule has 0 radical (unpaired) electrons. The molecule has 2 saturated heterocycles. The van der Waals surface area contributed by atoms with Crippen LogP contribution in [0.1, 0.15) is 28.2 Å². The summed E-state index contributed by atoms with van der Waals surface area (Å²) in [7, 11) is 0. The lowest BCUT2D eigenvalue weighted by atomic mass is 9.97. The van der Waals surface area contributed by atoms with E-state index in [-0.39, 0.29) is 11.9 Å². The van der Waals surface area contributed by atoms with Gasteiger partial charge in [0.15, 0.2) is 5.01 Å². The second-order valence-corrected chi connectivity index (χ2v) is 7.75. The standard InChI is InChI=1S/C18H21N3OS/c1-12-3-2-4-14(7-12)16-9-19-18(23-16)17(22)20-15-8-13-5-6-21(10-13)11-15/h2-4,7,9,13,15H,5-6,8,10-11H2,1H3,(H,20,22)/t13-,15-/m1/s1. The van der Waals surface area contributed by atoms with Crippen molar-refractivity contribution in [3.63, 3.8) is 0 Å². The van der Waals surface area contributed by atoms with E-state index in [1.807, 2.05) is 12.3 Å². The highest BCUT2D eigenvalue weighted by Gasteiger charge is 2.33. The number of carbonyl (C=O) groups excluding carboxylic acids is 1. The third-order valence-corrected chi connectivity index (χ3v) is 5.85. The zero-order chi connectivity index (χ0) is 15.8. The predicted octanol–water partition coefficient (Wildman–Crippen LogP) is 2.94. The molecule has 5 heteroatoms. The molecule has 1 amide bonds. The van der Waals surface area contributed by atoms with Gasteiger partial charge in [0.1, 0.15) is 0 Å². The van der Waals surface area contributed by atoms with Crippen LogP contribution in [-0.2, 0) is 0 Å². The zero-order valence-electron chi connectivity index (χ0n) is 13.3. The molecule has 3 heterocycles. The van der Waals surface area contributed by atoms with Gasteiger partial charge in [-0.05, 0) is 37.8 Å². The highest BCUT2D eigenvalue weighted by Crippen LogP contribution is 2.28. The average molecular weight is 327 g/mol. The molecule has 2 fully saturated rings. The number of hydrogen-bond acceptors (Lipinski definition) is 4. The number of carbonyl (C=O) groups is 1. The number of aryl methyl sites for hydroxylation is 1. The fourth-order valence-corrected chi connectivity index (χ4v) is 4.54. The van der Waals surface area contributed by atoms with Crippen LogP contribution in [0.3, 0.4) is 0 Å². The number of rotatable bonds is 3. The summed E-state index contributed by atoms with van der Waals surface area (Å²) in [6.45, 7) is 5.45. The Morgan fingerprint density at radius 2 is 2.30 bits per heavy atom. The second-order valence-electron chi connectivity index (χ2n) is 6.72. The van der Waals surface area contributed by atoms with E-state index >= 15 is 0 Å². The van der Waals surface area contributed by atoms with Gasteiger partial charge in [-0.2, -0.15) is 0 Å². The van der Waals surface area contributed by atoms with Crippen molar-refractivity contribution in [1.82, 2.24) is 15.2 Å². The number of fused-ring (bicyclic) bond motifs is 2. The van der Waals surface area contributed by atoms with E-state index in [1.54, 1.807) is 0 Å². The maximum absolute atomic E-state index is 12.5. The van der Waals surface area contributed by atoms with Crippen LogP contribution in [-0.4, -0.2) is 41.5 Å². The minimum atomic E-state index is -0.0265. The Hall–Kier alpha value is -1.72. The molecule has 2 aromatic rings. The third kappa shape index (κ3) is 3.16. The Morgan fingerprint density at radius 1 is 1.39 bits per heavy atom. The fraction of sp³-hybridized carbons (Fsp3) is 0.444. The van der Waals surface area contributed by atoms with Gasteiger partial charge in [-0.3, -0.25) is 4.79 Å². The SMILES string of the molecule is Cc1cccc(-c2cnc(C(=O)N[C@@H]3C[C@H]4CCN(C4)C3)s2)c1. The van der Waals surface area contributed by atoms with Crippen LogP contribution in [0.4, 0.5) is 0 Å². The molecule has 2 bridgehead atoms. The normalized spacial score (nSPS) is 26.2. The van der Waals surface area contributed by atoms with Crippen molar-refractivity contribution in [2.45, 2.75) is 25.8 Å². The van der Waals surface area contributed by atoms with Gasteiger partial charge in [0, 0.05) is 25.3 Å². The van der Waals surface area contributed by atoms with E-state index in [9.17, 15) is 4.79 Å². The van der Waals surface area contributed by atoms with Crippen LogP contribution in [0.15, 0.2) is 30.5 Å². The summed E-state index contributed by atoms with van der Waals surface area (Å²) in [6, 6.07) is 8.58. The topological polar surface area (TPSA) is 45.2 Å². The summed E-state index contributed by atoms with van der Waals surface area (Å²) in [6.07, 6.45) is 4.20. The molecule has 0 aliphatic carbocycles. The van der Waals surface area contributed by atoms with Crippen molar-refractivity contribution in [2.75, 3.05) is 19.6 Å². The molecular weight excluding hydrogens is 306 g/mol. The van der Waals surface area contributed by atoms with Crippen molar-refractivity contribution in [2.24, 2.45) is 5.92 Å². The Bertz CT molecular complexity index is 715. The first-order valence-electron chi connectivity index (χ1n) is 8.23. The number of benzene rings is 1. The summed E-state index contributed by atoms with van der Waals surface area (Å²) in [5.41, 5.74) is 2.34. The van der Waals surface area contributed by atoms with Gasteiger partial charge in [-0.25, -0.2) is 4.98 Å². The first kappa shape index (κ1) is 14.8. The number of piperidine rings is 1. The van der Waals surface area contributed by atoms with Gasteiger partial charge in [0.25, 0.3) is 5.91 Å². The zero-order valence-corrected chi connectivity index (χ0v) is 14.1. The van der Waals surface area contributed by atoms with Crippen molar-refractivity contribution in [1.29, 1.82) is 0 Å². The molecule has 1 aromatic heterocycles. The minimum absolute atomic E-state index is 0.0265. The smallest absolute Gasteiger partial charge is 0.280 e. The number of aromatic nitrogens is 1. The van der Waals surface area contributed by atoms with Crippen molar-refractivity contribution in [3.05, 3.63) is 41.0 Å². The van der Waals surface area contributed by atoms with E-state index in [2.05, 4.69) is 40.3 Å². The van der Waals surface area contributed by atoms with Gasteiger partial charge < -0.3 is 10.2 Å². The predicted molar refractivity (Wildman–Crippen MR) is 92.7 cm³/mol. The maximum Gasteiger partial charge on any atom is 0.280 e. The molecule has 0 saturated carbocycles. The van der Waals surface area contributed by atoms with Crippen LogP contribution < -0.4 is 5.32 Å². The molecule has 2 aliphatic heterocycles. The van der Waals surface area contributed by atoms with Crippen LogP contribution in [0.2, 0.25) is 0 Å². The van der Waals surface area contributed by atoms with Gasteiger partial charge in [-0.1, -0.05) is 29.8 Å². The number of hydrogen-bond donors (Lipinski definition) is 1. The van der Waals surface area contributed by atoms with Gasteiger partial charge in [0.05, 0.1) is 4.88 Å². The fourth-order valence-electron chi connectivity index (χ4n) is 3.72. The Balaban J connectivity index is 1.45. The monoisotopic (exact) mass is 327 g/mol. The molecule has 0 spiro atoms. The van der Waals surface area contributed by atoms with Crippen LogP contribution in [0.5, 0.6) is 0 Å². The Morgan fingerprint density at radius 3 is 3.13 bits per heavy atom. The van der Waals surface area contributed by atoms with Crippen LogP contribution in [0, 0.1) is 12.8 Å². The Labute approximate surface area is 140 Å². The minimum Gasteiger partial charge on any atom is -0.346 e. The molecule has 4 rings (SSSR count). The maximum atomic E-state index is 12.5. The summed E-state index contributed by atoms with van der Waals surface area (Å²) in [5, 5.41) is 3.74. The summed E-state index contributed by atoms with van der Waals surface area (Å²) in [5.74, 6) is 0.731. The largest absolute Gasteiger partial charge is 0.346 e. The molecule has 120 valence electrons. The molecule has 1 aromatic carbocycles. The van der Waals surface area contributed by atoms with Crippen LogP contribution >= 0.6 is 11.3 Å². The number of nitrogens with one attached hydrogen (secondary N) is 1. The lowest BCUT2D eigenvalue weighted by Gasteiger charge is -2.30. The molecule has 3 atom stereocenters. The highest BCUT2D eigenvalue weighted by molar-refractivity contribution is 7.16. The Kier molecular flexibility index (Phi) is 3.91. The van der Waals surface area contributed by atoms with Gasteiger partial charge >= 0.3 is 0 Å². The molecular formula is C18H21N3OS. The quantitative estimate of drug-likeness (QED) is 0.943. The van der Waals surface area contributed by atoms with E-state index in [0.717, 1.165) is 29.3 Å². The van der Waals surface area contributed by atoms with Crippen molar-refractivity contribution in [3.8, 4) is 10.4 Å². The van der Waals surface area contributed by atoms with E-state index in [4.69, 9.17) is 0 Å². The second kappa shape index (κ2) is 6.06. The van der Waals surface area contributed by atoms with E-state index < -0.39 is 0 Å². The molecule has 23 heavy (non-hydrogen) atoms. The van der Waals surface area contributed by atoms with Gasteiger partial charge in [0.2, 0.25) is 0 Å². The molecule has 1 N–H and O–H groups in total. The van der Waals surface area contributed by atoms with Crippen molar-refractivity contribution >= 4 is 17.2 Å². The summed E-state index contributed by atoms with van der Waals surface area (Å²) in [4.78, 5) is 20.3. The average Bonchev–Trinajstić information content (AvgIpc) is 3.14. The molecule has 1 unspecified atom stereocenters. The number of nitrogens with zero attached hydrogens (tertiary/aromatic N) is 2. The van der Waals surface area contributed by atoms with Crippen LogP contribution in [0.25, 0.3) is 10.4 Å². The first-order valence-corrected chi connectivity index (χ1v) is 9.05. The number of amides is 1.